The average molecular weight is 479 g/mol. The van der Waals surface area contributed by atoms with Crippen LogP contribution >= 0.6 is 0 Å². The minimum absolute atomic E-state index is 0.837. The van der Waals surface area contributed by atoms with Crippen molar-refractivity contribution in [3.05, 3.63) is 150 Å². The van der Waals surface area contributed by atoms with Gasteiger partial charge in [-0.05, 0) is 90.8 Å². The topological polar surface area (TPSA) is 54.2 Å². The highest BCUT2D eigenvalue weighted by atomic mass is 15.1. The number of nitrogens with two attached hydrogens (primary N) is 1. The van der Waals surface area contributed by atoms with E-state index in [2.05, 4.69) is 103 Å². The number of hydrogen-bond acceptors (Lipinski definition) is 4. The third-order valence-corrected chi connectivity index (χ3v) is 6.32. The Morgan fingerprint density at radius 3 is 2.42 bits per heavy atom. The SMILES string of the molecule is C=C/C(C)=C(\C=C1/NC=C1C)Cc1cncc(Cc2ccc(CN3C=CCCC3=C)cc2)c1.C=CN. The fourth-order valence-electron chi connectivity index (χ4n) is 4.08. The van der Waals surface area contributed by atoms with E-state index in [1.165, 1.54) is 56.6 Å². The predicted molar refractivity (Wildman–Crippen MR) is 153 cm³/mol. The molecule has 0 saturated heterocycles. The molecule has 1 aromatic carbocycles. The number of nitrogens with one attached hydrogen (secondary N) is 1. The predicted octanol–water partition coefficient (Wildman–Crippen LogP) is 6.82. The Bertz CT molecular complexity index is 1210. The molecule has 0 radical (unpaired) electrons. The van der Waals surface area contributed by atoms with Crippen LogP contribution < -0.4 is 11.1 Å². The van der Waals surface area contributed by atoms with Gasteiger partial charge in [-0.3, -0.25) is 4.98 Å². The van der Waals surface area contributed by atoms with Crippen molar-refractivity contribution >= 4 is 0 Å². The van der Waals surface area contributed by atoms with Crippen molar-refractivity contribution in [2.75, 3.05) is 0 Å². The molecule has 0 spiro atoms. The second-order valence-corrected chi connectivity index (χ2v) is 9.17. The second kappa shape index (κ2) is 13.1. The number of allylic oxidation sites excluding steroid dienone is 7. The van der Waals surface area contributed by atoms with Crippen molar-refractivity contribution in [1.82, 2.24) is 15.2 Å². The first-order valence-corrected chi connectivity index (χ1v) is 12.4. The summed E-state index contributed by atoms with van der Waals surface area (Å²) in [6.07, 6.45) is 19.6. The molecule has 0 bridgehead atoms. The lowest BCUT2D eigenvalue weighted by Crippen LogP contribution is -2.17. The van der Waals surface area contributed by atoms with E-state index >= 15 is 0 Å². The van der Waals surface area contributed by atoms with Crippen molar-refractivity contribution in [3.63, 3.8) is 0 Å². The molecule has 0 amide bonds. The van der Waals surface area contributed by atoms with Crippen LogP contribution in [0, 0.1) is 0 Å². The molecule has 0 saturated carbocycles. The second-order valence-electron chi connectivity index (χ2n) is 9.17. The van der Waals surface area contributed by atoms with E-state index in [4.69, 9.17) is 0 Å². The van der Waals surface area contributed by atoms with E-state index in [1.54, 1.807) is 0 Å². The highest BCUT2D eigenvalue weighted by Crippen LogP contribution is 2.23. The fraction of sp³-hybridized carbons (Fsp3) is 0.219. The molecule has 2 aliphatic heterocycles. The third kappa shape index (κ3) is 7.47. The summed E-state index contributed by atoms with van der Waals surface area (Å²) in [6, 6.07) is 11.2. The fourth-order valence-corrected chi connectivity index (χ4v) is 4.08. The van der Waals surface area contributed by atoms with Gasteiger partial charge in [0.2, 0.25) is 0 Å². The minimum atomic E-state index is 0.837. The Kier molecular flexibility index (Phi) is 9.70. The van der Waals surface area contributed by atoms with E-state index in [-0.39, 0.29) is 0 Å². The molecule has 3 heterocycles. The van der Waals surface area contributed by atoms with Gasteiger partial charge in [0.15, 0.2) is 0 Å². The van der Waals surface area contributed by atoms with Gasteiger partial charge >= 0.3 is 0 Å². The summed E-state index contributed by atoms with van der Waals surface area (Å²) in [6.45, 7) is 16.4. The molecule has 36 heavy (non-hydrogen) atoms. The molecule has 4 nitrogen and oxygen atoms in total. The van der Waals surface area contributed by atoms with Gasteiger partial charge in [0.05, 0.1) is 0 Å². The summed E-state index contributed by atoms with van der Waals surface area (Å²) in [7, 11) is 0. The Balaban J connectivity index is 0.00000115. The number of aromatic nitrogens is 1. The molecule has 2 aromatic rings. The van der Waals surface area contributed by atoms with Gasteiger partial charge in [-0.15, -0.1) is 0 Å². The lowest BCUT2D eigenvalue weighted by Gasteiger charge is -2.26. The van der Waals surface area contributed by atoms with Crippen molar-refractivity contribution in [1.29, 1.82) is 0 Å². The van der Waals surface area contributed by atoms with Crippen LogP contribution in [-0.2, 0) is 19.4 Å². The maximum Gasteiger partial charge on any atom is 0.0472 e. The molecule has 2 aliphatic rings. The zero-order valence-corrected chi connectivity index (χ0v) is 21.6. The first kappa shape index (κ1) is 26.6. The summed E-state index contributed by atoms with van der Waals surface area (Å²) in [5.74, 6) is 0. The number of hydrogen-bond donors (Lipinski definition) is 2. The molecular formula is C32H38N4. The molecule has 0 unspecified atom stereocenters. The van der Waals surface area contributed by atoms with E-state index in [0.29, 0.717) is 0 Å². The summed E-state index contributed by atoms with van der Waals surface area (Å²) in [5.41, 5.74) is 15.8. The molecule has 0 aliphatic carbocycles. The van der Waals surface area contributed by atoms with Crippen molar-refractivity contribution in [2.45, 2.75) is 46.1 Å². The van der Waals surface area contributed by atoms with Crippen LogP contribution in [0.2, 0.25) is 0 Å². The normalized spacial score (nSPS) is 16.2. The monoisotopic (exact) mass is 478 g/mol. The van der Waals surface area contributed by atoms with Crippen LogP contribution in [0.1, 0.15) is 48.9 Å². The molecule has 0 atom stereocenters. The average Bonchev–Trinajstić information content (AvgIpc) is 2.88. The van der Waals surface area contributed by atoms with Gasteiger partial charge in [-0.25, -0.2) is 0 Å². The van der Waals surface area contributed by atoms with Crippen LogP contribution in [-0.4, -0.2) is 9.88 Å². The van der Waals surface area contributed by atoms with Crippen LogP contribution in [0.4, 0.5) is 0 Å². The maximum atomic E-state index is 4.61. The lowest BCUT2D eigenvalue weighted by atomic mass is 9.96. The first-order valence-electron chi connectivity index (χ1n) is 12.4. The Morgan fingerprint density at radius 1 is 1.11 bits per heavy atom. The van der Waals surface area contributed by atoms with Crippen molar-refractivity contribution < 1.29 is 0 Å². The highest BCUT2D eigenvalue weighted by molar-refractivity contribution is 5.46. The highest BCUT2D eigenvalue weighted by Gasteiger charge is 2.11. The largest absolute Gasteiger partial charge is 0.405 e. The van der Waals surface area contributed by atoms with E-state index in [0.717, 1.165) is 32.2 Å². The standard InChI is InChI=1S/C30H33N3.C2H5N/c1-5-22(2)29(17-30-23(3)18-32-30)16-28-15-27(19-31-20-28)14-25-9-11-26(12-10-25)21-33-13-7-6-8-24(33)4;1-2-3/h5,7,9-13,15,17-20,32H,1,4,6,8,14,16,21H2,2-3H3;2H,1,3H2/b29-22-,30-17-;. The molecule has 1 aromatic heterocycles. The maximum absolute atomic E-state index is 4.61. The number of rotatable bonds is 8. The smallest absolute Gasteiger partial charge is 0.0472 e. The zero-order chi connectivity index (χ0) is 25.9. The Hall–Kier alpha value is -4.05. The van der Waals surface area contributed by atoms with Crippen LogP contribution in [0.25, 0.3) is 0 Å². The van der Waals surface area contributed by atoms with E-state index < -0.39 is 0 Å². The molecule has 0 fully saturated rings. The Labute approximate surface area is 216 Å². The summed E-state index contributed by atoms with van der Waals surface area (Å²) < 4.78 is 0. The van der Waals surface area contributed by atoms with Gasteiger partial charge in [0.25, 0.3) is 0 Å². The van der Waals surface area contributed by atoms with Gasteiger partial charge in [0.1, 0.15) is 0 Å². The minimum Gasteiger partial charge on any atom is -0.405 e. The third-order valence-electron chi connectivity index (χ3n) is 6.32. The molecule has 4 rings (SSSR count). The van der Waals surface area contributed by atoms with Crippen LogP contribution in [0.5, 0.6) is 0 Å². The summed E-state index contributed by atoms with van der Waals surface area (Å²) in [4.78, 5) is 6.77. The van der Waals surface area contributed by atoms with Crippen molar-refractivity contribution in [2.24, 2.45) is 5.73 Å². The summed E-state index contributed by atoms with van der Waals surface area (Å²) >= 11 is 0. The van der Waals surface area contributed by atoms with Gasteiger partial charge in [-0.2, -0.15) is 0 Å². The molecule has 186 valence electrons. The summed E-state index contributed by atoms with van der Waals surface area (Å²) in [5, 5.41) is 3.27. The van der Waals surface area contributed by atoms with Crippen LogP contribution in [0.3, 0.4) is 0 Å². The Morgan fingerprint density at radius 2 is 1.81 bits per heavy atom. The number of pyridine rings is 1. The molecular weight excluding hydrogens is 440 g/mol. The number of benzene rings is 1. The van der Waals surface area contributed by atoms with Crippen molar-refractivity contribution in [3.8, 4) is 0 Å². The van der Waals surface area contributed by atoms with Gasteiger partial charge in [-0.1, -0.05) is 62.2 Å². The molecule has 3 N–H and O–H groups in total. The quantitative estimate of drug-likeness (QED) is 0.409. The zero-order valence-electron chi connectivity index (χ0n) is 21.6. The number of nitrogens with zero attached hydrogens (tertiary/aromatic N) is 2. The molecule has 4 heteroatoms. The lowest BCUT2D eigenvalue weighted by molar-refractivity contribution is 0.427. The van der Waals surface area contributed by atoms with Gasteiger partial charge < -0.3 is 16.0 Å². The van der Waals surface area contributed by atoms with Gasteiger partial charge in [0, 0.05) is 42.7 Å². The van der Waals surface area contributed by atoms with E-state index in [9.17, 15) is 0 Å². The van der Waals surface area contributed by atoms with E-state index in [1.807, 2.05) is 24.7 Å². The van der Waals surface area contributed by atoms with Crippen LogP contribution in [0.15, 0.2) is 127 Å². The first-order chi connectivity index (χ1) is 17.4.